The van der Waals surface area contributed by atoms with Gasteiger partial charge in [0.15, 0.2) is 0 Å². The Bertz CT molecular complexity index is 507. The van der Waals surface area contributed by atoms with Crippen molar-refractivity contribution in [3.63, 3.8) is 0 Å². The lowest BCUT2D eigenvalue weighted by atomic mass is 9.96. The van der Waals surface area contributed by atoms with Gasteiger partial charge in [0.05, 0.1) is 0 Å². The highest BCUT2D eigenvalue weighted by Gasteiger charge is 2.41. The molecule has 2 atom stereocenters. The highest BCUT2D eigenvalue weighted by Crippen LogP contribution is 2.52. The van der Waals surface area contributed by atoms with Crippen LogP contribution in [-0.2, 0) is 6.42 Å². The molecular formula is C15H12O. The van der Waals surface area contributed by atoms with E-state index in [0.29, 0.717) is 5.92 Å². The van der Waals surface area contributed by atoms with E-state index in [9.17, 15) is 0 Å². The second kappa shape index (κ2) is 2.88. The first kappa shape index (κ1) is 8.40. The van der Waals surface area contributed by atoms with Gasteiger partial charge in [-0.25, -0.2) is 0 Å². The Hall–Kier alpha value is -1.76. The van der Waals surface area contributed by atoms with E-state index >= 15 is 0 Å². The molecule has 4 rings (SSSR count). The summed E-state index contributed by atoms with van der Waals surface area (Å²) in [6, 6.07) is 17.1. The van der Waals surface area contributed by atoms with E-state index in [1.165, 1.54) is 16.7 Å². The summed E-state index contributed by atoms with van der Waals surface area (Å²) in [6.45, 7) is 0. The molecule has 1 aliphatic heterocycles. The maximum atomic E-state index is 6.06. The van der Waals surface area contributed by atoms with Gasteiger partial charge in [-0.15, -0.1) is 0 Å². The molecule has 0 aromatic heterocycles. The van der Waals surface area contributed by atoms with Crippen LogP contribution in [0.25, 0.3) is 0 Å². The number of para-hydroxylation sites is 1. The van der Waals surface area contributed by atoms with Crippen LogP contribution in [0.5, 0.6) is 5.75 Å². The van der Waals surface area contributed by atoms with Gasteiger partial charge in [-0.1, -0.05) is 42.5 Å². The Balaban J connectivity index is 1.86. The molecule has 0 radical (unpaired) electrons. The molecule has 0 N–H and O–H groups in total. The molecule has 0 saturated carbocycles. The average Bonchev–Trinajstić information content (AvgIpc) is 2.85. The summed E-state index contributed by atoms with van der Waals surface area (Å²) in [5.41, 5.74) is 4.21. The molecule has 0 spiro atoms. The SMILES string of the molecule is c1ccc2c(c1)CC1c3ccccc3OC21. The first-order valence-electron chi connectivity index (χ1n) is 5.77. The molecule has 2 aliphatic rings. The molecule has 78 valence electrons. The molecular weight excluding hydrogens is 196 g/mol. The van der Waals surface area contributed by atoms with Crippen molar-refractivity contribution in [1.82, 2.24) is 0 Å². The van der Waals surface area contributed by atoms with Crippen LogP contribution in [0, 0.1) is 0 Å². The summed E-state index contributed by atoms with van der Waals surface area (Å²) in [6.07, 6.45) is 1.38. The molecule has 1 aliphatic carbocycles. The lowest BCUT2D eigenvalue weighted by molar-refractivity contribution is 0.222. The molecule has 2 unspecified atom stereocenters. The van der Waals surface area contributed by atoms with Crippen molar-refractivity contribution in [3.8, 4) is 5.75 Å². The number of fused-ring (bicyclic) bond motifs is 5. The fourth-order valence-electron chi connectivity index (χ4n) is 3.01. The Morgan fingerprint density at radius 2 is 1.62 bits per heavy atom. The van der Waals surface area contributed by atoms with Crippen LogP contribution in [0.15, 0.2) is 48.5 Å². The zero-order valence-corrected chi connectivity index (χ0v) is 8.89. The van der Waals surface area contributed by atoms with E-state index in [-0.39, 0.29) is 6.10 Å². The molecule has 1 heteroatoms. The summed E-state index contributed by atoms with van der Waals surface area (Å²) in [7, 11) is 0. The number of rotatable bonds is 0. The van der Waals surface area contributed by atoms with Crippen molar-refractivity contribution >= 4 is 0 Å². The van der Waals surface area contributed by atoms with E-state index in [4.69, 9.17) is 4.74 Å². The van der Waals surface area contributed by atoms with Gasteiger partial charge < -0.3 is 4.74 Å². The van der Waals surface area contributed by atoms with Crippen LogP contribution in [0.2, 0.25) is 0 Å². The molecule has 1 nitrogen and oxygen atoms in total. The number of ether oxygens (including phenoxy) is 1. The third kappa shape index (κ3) is 0.955. The van der Waals surface area contributed by atoms with Crippen LogP contribution >= 0.6 is 0 Å². The maximum absolute atomic E-state index is 6.06. The third-order valence-electron chi connectivity index (χ3n) is 3.74. The van der Waals surface area contributed by atoms with Crippen LogP contribution < -0.4 is 4.74 Å². The van der Waals surface area contributed by atoms with E-state index in [1.54, 1.807) is 0 Å². The summed E-state index contributed by atoms with van der Waals surface area (Å²) in [5.74, 6) is 1.61. The molecule has 0 fully saturated rings. The Morgan fingerprint density at radius 3 is 2.56 bits per heavy atom. The third-order valence-corrected chi connectivity index (χ3v) is 3.74. The highest BCUT2D eigenvalue weighted by molar-refractivity contribution is 5.49. The van der Waals surface area contributed by atoms with E-state index in [1.807, 2.05) is 6.07 Å². The molecule has 0 amide bonds. The van der Waals surface area contributed by atoms with E-state index in [0.717, 1.165) is 12.2 Å². The monoisotopic (exact) mass is 208 g/mol. The van der Waals surface area contributed by atoms with Gasteiger partial charge >= 0.3 is 0 Å². The first-order chi connectivity index (χ1) is 7.93. The van der Waals surface area contributed by atoms with Gasteiger partial charge in [-0.2, -0.15) is 0 Å². The van der Waals surface area contributed by atoms with Crippen LogP contribution in [-0.4, -0.2) is 0 Å². The van der Waals surface area contributed by atoms with Crippen LogP contribution in [0.3, 0.4) is 0 Å². The minimum atomic E-state index is 0.258. The van der Waals surface area contributed by atoms with Gasteiger partial charge in [0.1, 0.15) is 11.9 Å². The second-order valence-electron chi connectivity index (χ2n) is 4.59. The second-order valence-corrected chi connectivity index (χ2v) is 4.59. The number of benzene rings is 2. The van der Waals surface area contributed by atoms with Gasteiger partial charge in [0.25, 0.3) is 0 Å². The van der Waals surface area contributed by atoms with Crippen LogP contribution in [0.1, 0.15) is 28.7 Å². The van der Waals surface area contributed by atoms with Gasteiger partial charge in [0, 0.05) is 11.5 Å². The smallest absolute Gasteiger partial charge is 0.131 e. The summed E-state index contributed by atoms with van der Waals surface area (Å²) in [4.78, 5) is 0. The van der Waals surface area contributed by atoms with Crippen molar-refractivity contribution in [3.05, 3.63) is 65.2 Å². The fourth-order valence-corrected chi connectivity index (χ4v) is 3.01. The Kier molecular flexibility index (Phi) is 1.51. The van der Waals surface area contributed by atoms with Crippen molar-refractivity contribution in [2.45, 2.75) is 18.4 Å². The zero-order chi connectivity index (χ0) is 10.5. The summed E-state index contributed by atoms with van der Waals surface area (Å²) < 4.78 is 6.06. The van der Waals surface area contributed by atoms with Crippen molar-refractivity contribution in [1.29, 1.82) is 0 Å². The van der Waals surface area contributed by atoms with E-state index in [2.05, 4.69) is 42.5 Å². The minimum Gasteiger partial charge on any atom is -0.485 e. The van der Waals surface area contributed by atoms with Crippen molar-refractivity contribution in [2.75, 3.05) is 0 Å². The van der Waals surface area contributed by atoms with Gasteiger partial charge in [-0.3, -0.25) is 0 Å². The minimum absolute atomic E-state index is 0.258. The van der Waals surface area contributed by atoms with Gasteiger partial charge in [0.2, 0.25) is 0 Å². The predicted molar refractivity (Wildman–Crippen MR) is 62.7 cm³/mol. The fraction of sp³-hybridized carbons (Fsp3) is 0.200. The molecule has 16 heavy (non-hydrogen) atoms. The van der Waals surface area contributed by atoms with Gasteiger partial charge in [-0.05, 0) is 23.6 Å². The zero-order valence-electron chi connectivity index (χ0n) is 8.89. The summed E-state index contributed by atoms with van der Waals surface area (Å²) >= 11 is 0. The standard InChI is InChI=1S/C15H12O/c1-2-6-11-10(5-1)9-13-12-7-3-4-8-14(12)16-15(11)13/h1-8,13,15H,9H2. The lowest BCUT2D eigenvalue weighted by Gasteiger charge is -2.10. The average molecular weight is 208 g/mol. The van der Waals surface area contributed by atoms with Crippen molar-refractivity contribution in [2.24, 2.45) is 0 Å². The molecule has 0 bridgehead atoms. The molecule has 1 heterocycles. The molecule has 2 aromatic rings. The highest BCUT2D eigenvalue weighted by atomic mass is 16.5. The molecule has 0 saturated heterocycles. The molecule has 2 aromatic carbocycles. The predicted octanol–water partition coefficient (Wildman–Crippen LogP) is 3.46. The first-order valence-corrected chi connectivity index (χ1v) is 5.77. The Morgan fingerprint density at radius 1 is 0.875 bits per heavy atom. The normalized spacial score (nSPS) is 24.5. The number of hydrogen-bond acceptors (Lipinski definition) is 1. The largest absolute Gasteiger partial charge is 0.485 e. The Labute approximate surface area is 94.7 Å². The topological polar surface area (TPSA) is 9.23 Å². The van der Waals surface area contributed by atoms with E-state index < -0.39 is 0 Å². The summed E-state index contributed by atoms with van der Waals surface area (Å²) in [5, 5.41) is 0. The van der Waals surface area contributed by atoms with Crippen LogP contribution in [0.4, 0.5) is 0 Å². The quantitative estimate of drug-likeness (QED) is 0.644. The number of hydrogen-bond donors (Lipinski definition) is 0. The van der Waals surface area contributed by atoms with Crippen molar-refractivity contribution < 1.29 is 4.74 Å². The maximum Gasteiger partial charge on any atom is 0.131 e. The lowest BCUT2D eigenvalue weighted by Crippen LogP contribution is -2.02.